The molecule has 0 heterocycles. The molecule has 0 aromatic carbocycles. The van der Waals surface area contributed by atoms with Crippen LogP contribution in [0.2, 0.25) is 0 Å². The van der Waals surface area contributed by atoms with Crippen LogP contribution in [0.4, 0.5) is 0 Å². The summed E-state index contributed by atoms with van der Waals surface area (Å²) in [4.78, 5) is 27.8. The van der Waals surface area contributed by atoms with E-state index in [1.165, 1.54) is 219 Å². The van der Waals surface area contributed by atoms with E-state index in [1.54, 1.807) is 0 Å². The Morgan fingerprint density at radius 3 is 0.811 bits per heavy atom. The lowest BCUT2D eigenvalue weighted by Gasteiger charge is -2.22. The van der Waals surface area contributed by atoms with Crippen molar-refractivity contribution in [1.82, 2.24) is 4.90 Å². The summed E-state index contributed by atoms with van der Waals surface area (Å²) in [6.45, 7) is 16.5. The van der Waals surface area contributed by atoms with Gasteiger partial charge < -0.3 is 38.4 Å². The molecule has 0 fully saturated rings. The van der Waals surface area contributed by atoms with Gasteiger partial charge in [-0.05, 0) is 83.8 Å². The second-order valence-electron chi connectivity index (χ2n) is 21.9. The standard InChI is InChI=1S/C64H127NO9/c1-5-9-13-17-31-43-57-71-63(72-58-44-32-18-14-10-6-2)49-47-61(67)69-55-41-35-27-23-21-25-29-37-51-65(53-39-40-54-66)52-38-30-26-22-24-28-36-42-56-70-62(68)48-50-64(73-59-45-33-19-15-11-7-3)74-60-46-34-20-16-12-8-4/h63-64,66H,5-60H2,1-4H3. The van der Waals surface area contributed by atoms with E-state index >= 15 is 0 Å². The van der Waals surface area contributed by atoms with Crippen molar-refractivity contribution in [1.29, 1.82) is 0 Å². The number of rotatable bonds is 64. The van der Waals surface area contributed by atoms with Crippen molar-refractivity contribution >= 4 is 11.9 Å². The molecule has 0 spiro atoms. The van der Waals surface area contributed by atoms with Crippen LogP contribution in [0.3, 0.4) is 0 Å². The minimum atomic E-state index is -0.310. The first kappa shape index (κ1) is 72.7. The Balaban J connectivity index is 4.10. The molecule has 0 bridgehead atoms. The van der Waals surface area contributed by atoms with E-state index < -0.39 is 0 Å². The Kier molecular flexibility index (Phi) is 61.4. The zero-order chi connectivity index (χ0) is 53.7. The summed E-state index contributed by atoms with van der Waals surface area (Å²) in [6.07, 6.45) is 52.0. The number of unbranched alkanes of at least 4 members (excludes halogenated alkanes) is 35. The summed E-state index contributed by atoms with van der Waals surface area (Å²) in [6, 6.07) is 0. The fourth-order valence-electron chi connectivity index (χ4n) is 9.58. The first-order valence-electron chi connectivity index (χ1n) is 32.6. The number of nitrogens with zero attached hydrogens (tertiary/aromatic N) is 1. The number of carbonyl (C=O) groups is 2. The maximum Gasteiger partial charge on any atom is 0.305 e. The highest BCUT2D eigenvalue weighted by atomic mass is 16.7. The van der Waals surface area contributed by atoms with Gasteiger partial charge in [-0.2, -0.15) is 0 Å². The first-order chi connectivity index (χ1) is 36.5. The molecule has 0 rings (SSSR count). The maximum atomic E-state index is 12.6. The maximum absolute atomic E-state index is 12.6. The molecule has 0 aliphatic heterocycles. The number of aliphatic hydroxyl groups excluding tert-OH is 1. The Morgan fingerprint density at radius 2 is 0.541 bits per heavy atom. The number of carbonyl (C=O) groups excluding carboxylic acids is 2. The summed E-state index contributed by atoms with van der Waals surface area (Å²) in [5.41, 5.74) is 0. The van der Waals surface area contributed by atoms with Gasteiger partial charge in [0.2, 0.25) is 0 Å². The summed E-state index contributed by atoms with van der Waals surface area (Å²) in [5.74, 6) is -0.257. The van der Waals surface area contributed by atoms with E-state index in [9.17, 15) is 14.7 Å². The SMILES string of the molecule is CCCCCCCCOC(CCC(=O)OCCCCCCCCCCN(CCCCO)CCCCCCCCCCOC(=O)CCC(OCCCCCCCC)OCCCCCCCC)OCCCCCCCC. The molecule has 10 nitrogen and oxygen atoms in total. The Labute approximate surface area is 459 Å². The molecular formula is C64H127NO9. The third-order valence-electron chi connectivity index (χ3n) is 14.5. The topological polar surface area (TPSA) is 113 Å². The molecule has 0 amide bonds. The number of esters is 2. The largest absolute Gasteiger partial charge is 0.466 e. The van der Waals surface area contributed by atoms with Gasteiger partial charge in [-0.25, -0.2) is 0 Å². The van der Waals surface area contributed by atoms with Crippen molar-refractivity contribution in [3.63, 3.8) is 0 Å². The molecule has 10 heteroatoms. The van der Waals surface area contributed by atoms with E-state index in [-0.39, 0.29) is 31.1 Å². The van der Waals surface area contributed by atoms with E-state index in [0.29, 0.717) is 65.3 Å². The highest BCUT2D eigenvalue weighted by molar-refractivity contribution is 5.69. The van der Waals surface area contributed by atoms with Crippen LogP contribution >= 0.6 is 0 Å². The molecule has 0 saturated carbocycles. The first-order valence-corrected chi connectivity index (χ1v) is 32.6. The summed E-state index contributed by atoms with van der Waals surface area (Å²) in [5, 5.41) is 9.37. The zero-order valence-electron chi connectivity index (χ0n) is 49.9. The number of ether oxygens (including phenoxy) is 6. The molecule has 442 valence electrons. The summed E-state index contributed by atoms with van der Waals surface area (Å²) in [7, 11) is 0. The predicted octanol–water partition coefficient (Wildman–Crippen LogP) is 18.1. The summed E-state index contributed by atoms with van der Waals surface area (Å²) < 4.78 is 35.6. The van der Waals surface area contributed by atoms with Crippen LogP contribution in [0.25, 0.3) is 0 Å². The van der Waals surface area contributed by atoms with E-state index in [2.05, 4.69) is 32.6 Å². The third kappa shape index (κ3) is 56.9. The molecule has 74 heavy (non-hydrogen) atoms. The van der Waals surface area contributed by atoms with Crippen LogP contribution in [-0.4, -0.2) is 100 Å². The normalized spacial score (nSPS) is 11.8. The molecule has 0 aliphatic rings. The fraction of sp³-hybridized carbons (Fsp3) is 0.969. The number of hydrogen-bond donors (Lipinski definition) is 1. The van der Waals surface area contributed by atoms with Gasteiger partial charge in [-0.15, -0.1) is 0 Å². The second kappa shape index (κ2) is 62.5. The summed E-state index contributed by atoms with van der Waals surface area (Å²) >= 11 is 0. The van der Waals surface area contributed by atoms with Crippen molar-refractivity contribution in [3.8, 4) is 0 Å². The van der Waals surface area contributed by atoms with Crippen LogP contribution in [0, 0.1) is 0 Å². The van der Waals surface area contributed by atoms with Crippen LogP contribution in [0.5, 0.6) is 0 Å². The van der Waals surface area contributed by atoms with Crippen molar-refractivity contribution in [2.24, 2.45) is 0 Å². The lowest BCUT2D eigenvalue weighted by molar-refractivity contribution is -0.159. The van der Waals surface area contributed by atoms with Crippen molar-refractivity contribution in [2.45, 2.75) is 336 Å². The second-order valence-corrected chi connectivity index (χ2v) is 21.9. The lowest BCUT2D eigenvalue weighted by atomic mass is 10.1. The average molecular weight is 1050 g/mol. The molecule has 0 unspecified atom stereocenters. The lowest BCUT2D eigenvalue weighted by Crippen LogP contribution is -2.27. The fourth-order valence-corrected chi connectivity index (χ4v) is 9.58. The molecule has 0 aromatic rings. The molecule has 0 radical (unpaired) electrons. The van der Waals surface area contributed by atoms with Gasteiger partial charge in [0.25, 0.3) is 0 Å². The van der Waals surface area contributed by atoms with Gasteiger partial charge in [-0.3, -0.25) is 9.59 Å². The molecule has 0 aromatic heterocycles. The van der Waals surface area contributed by atoms with E-state index in [1.807, 2.05) is 0 Å². The Morgan fingerprint density at radius 1 is 0.311 bits per heavy atom. The van der Waals surface area contributed by atoms with Crippen molar-refractivity contribution < 1.29 is 43.1 Å². The van der Waals surface area contributed by atoms with Crippen LogP contribution < -0.4 is 0 Å². The molecule has 1 N–H and O–H groups in total. The highest BCUT2D eigenvalue weighted by Crippen LogP contribution is 2.16. The van der Waals surface area contributed by atoms with Gasteiger partial charge in [0.05, 0.1) is 26.1 Å². The molecular weight excluding hydrogens is 927 g/mol. The van der Waals surface area contributed by atoms with Gasteiger partial charge in [-0.1, -0.05) is 233 Å². The minimum absolute atomic E-state index is 0.128. The average Bonchev–Trinajstić information content (AvgIpc) is 3.40. The predicted molar refractivity (Wildman–Crippen MR) is 312 cm³/mol. The number of aliphatic hydroxyl groups is 1. The van der Waals surface area contributed by atoms with E-state index in [0.717, 1.165) is 70.8 Å². The van der Waals surface area contributed by atoms with Crippen LogP contribution in [0.15, 0.2) is 0 Å². The van der Waals surface area contributed by atoms with Crippen LogP contribution in [-0.2, 0) is 38.0 Å². The quantitative estimate of drug-likeness (QED) is 0.0359. The van der Waals surface area contributed by atoms with Crippen molar-refractivity contribution in [2.75, 3.05) is 65.9 Å². The Bertz CT molecular complexity index is 983. The van der Waals surface area contributed by atoms with Crippen LogP contribution in [0.1, 0.15) is 323 Å². The molecule has 0 aliphatic carbocycles. The highest BCUT2D eigenvalue weighted by Gasteiger charge is 2.15. The third-order valence-corrected chi connectivity index (χ3v) is 14.5. The van der Waals surface area contributed by atoms with Gasteiger partial charge >= 0.3 is 11.9 Å². The van der Waals surface area contributed by atoms with E-state index in [4.69, 9.17) is 28.4 Å². The Hall–Kier alpha value is -1.30. The van der Waals surface area contributed by atoms with Gasteiger partial charge in [0.1, 0.15) is 0 Å². The molecule has 0 atom stereocenters. The van der Waals surface area contributed by atoms with Crippen molar-refractivity contribution in [3.05, 3.63) is 0 Å². The number of hydrogen-bond acceptors (Lipinski definition) is 10. The monoisotopic (exact) mass is 1050 g/mol. The zero-order valence-corrected chi connectivity index (χ0v) is 49.9. The minimum Gasteiger partial charge on any atom is -0.466 e. The molecule has 0 saturated heterocycles. The smallest absolute Gasteiger partial charge is 0.305 e. The van der Waals surface area contributed by atoms with Gasteiger partial charge in [0, 0.05) is 45.9 Å². The van der Waals surface area contributed by atoms with Gasteiger partial charge in [0.15, 0.2) is 12.6 Å².